The first-order chi connectivity index (χ1) is 8.93. The maximum atomic E-state index is 10.9. The third-order valence-electron chi connectivity index (χ3n) is 2.87. The van der Waals surface area contributed by atoms with E-state index in [0.29, 0.717) is 24.1 Å². The number of nitrogens with zero attached hydrogens (tertiary/aromatic N) is 1. The third kappa shape index (κ3) is 4.57. The third-order valence-corrected chi connectivity index (χ3v) is 2.87. The molecule has 1 unspecified atom stereocenters. The lowest BCUT2D eigenvalue weighted by molar-refractivity contribution is -0.385. The van der Waals surface area contributed by atoms with Crippen LogP contribution in [0.4, 0.5) is 11.4 Å². The first-order valence-electron chi connectivity index (χ1n) is 6.19. The van der Waals surface area contributed by atoms with Crippen molar-refractivity contribution in [3.8, 4) is 0 Å². The maximum absolute atomic E-state index is 10.9. The van der Waals surface area contributed by atoms with Crippen molar-refractivity contribution in [2.45, 2.75) is 39.2 Å². The quantitative estimate of drug-likeness (QED) is 0.584. The fourth-order valence-electron chi connectivity index (χ4n) is 1.82. The van der Waals surface area contributed by atoms with Crippen LogP contribution in [-0.4, -0.2) is 22.0 Å². The molecule has 0 fully saturated rings. The van der Waals surface area contributed by atoms with E-state index in [4.69, 9.17) is 5.11 Å². The lowest BCUT2D eigenvalue weighted by Crippen LogP contribution is -2.16. The fraction of sp³-hybridized carbons (Fsp3) is 0.462. The van der Waals surface area contributed by atoms with Crippen molar-refractivity contribution in [2.75, 3.05) is 5.32 Å². The van der Waals surface area contributed by atoms with E-state index < -0.39 is 10.9 Å². The summed E-state index contributed by atoms with van der Waals surface area (Å²) < 4.78 is 0. The van der Waals surface area contributed by atoms with Crippen LogP contribution in [0.2, 0.25) is 0 Å². The molecular weight excluding hydrogens is 248 g/mol. The van der Waals surface area contributed by atoms with Gasteiger partial charge in [0.05, 0.1) is 4.92 Å². The number of aliphatic carboxylic acids is 1. The summed E-state index contributed by atoms with van der Waals surface area (Å²) >= 11 is 0. The number of aryl methyl sites for hydroxylation is 1. The fourth-order valence-corrected chi connectivity index (χ4v) is 1.82. The summed E-state index contributed by atoms with van der Waals surface area (Å²) in [7, 11) is 0. The van der Waals surface area contributed by atoms with E-state index in [9.17, 15) is 14.9 Å². The SMILES string of the molecule is CCc1ccc(NC(C)CCC(=O)O)cc1[N+](=O)[O-]. The van der Waals surface area contributed by atoms with E-state index in [-0.39, 0.29) is 18.2 Å². The molecule has 1 rings (SSSR count). The van der Waals surface area contributed by atoms with Gasteiger partial charge in [0.1, 0.15) is 0 Å². The molecule has 0 aliphatic carbocycles. The molecular formula is C13H18N2O4. The molecule has 1 aromatic rings. The Morgan fingerprint density at radius 2 is 2.21 bits per heavy atom. The molecule has 0 amide bonds. The number of nitro groups is 1. The predicted molar refractivity (Wildman–Crippen MR) is 72.4 cm³/mol. The number of anilines is 1. The second-order valence-corrected chi connectivity index (χ2v) is 4.43. The van der Waals surface area contributed by atoms with Crippen molar-refractivity contribution in [3.63, 3.8) is 0 Å². The van der Waals surface area contributed by atoms with E-state index in [1.807, 2.05) is 13.8 Å². The minimum Gasteiger partial charge on any atom is -0.481 e. The molecule has 1 aromatic carbocycles. The van der Waals surface area contributed by atoms with E-state index in [0.717, 1.165) is 0 Å². The summed E-state index contributed by atoms with van der Waals surface area (Å²) in [6.07, 6.45) is 1.15. The van der Waals surface area contributed by atoms with Crippen molar-refractivity contribution in [3.05, 3.63) is 33.9 Å². The molecule has 1 atom stereocenters. The van der Waals surface area contributed by atoms with Crippen LogP contribution in [-0.2, 0) is 11.2 Å². The molecule has 104 valence electrons. The molecule has 6 nitrogen and oxygen atoms in total. The average molecular weight is 266 g/mol. The predicted octanol–water partition coefficient (Wildman–Crippen LogP) is 2.82. The lowest BCUT2D eigenvalue weighted by atomic mass is 10.1. The number of carboxylic acids is 1. The molecule has 0 radical (unpaired) electrons. The van der Waals surface area contributed by atoms with Gasteiger partial charge in [-0.1, -0.05) is 13.0 Å². The molecule has 0 spiro atoms. The molecule has 0 saturated carbocycles. The summed E-state index contributed by atoms with van der Waals surface area (Å²) in [5, 5.41) is 22.6. The smallest absolute Gasteiger partial charge is 0.303 e. The molecule has 19 heavy (non-hydrogen) atoms. The molecule has 2 N–H and O–H groups in total. The van der Waals surface area contributed by atoms with Crippen molar-refractivity contribution in [1.29, 1.82) is 0 Å². The number of rotatable bonds is 7. The molecule has 0 aliphatic heterocycles. The van der Waals surface area contributed by atoms with Crippen LogP contribution in [0.5, 0.6) is 0 Å². The first-order valence-corrected chi connectivity index (χ1v) is 6.19. The Balaban J connectivity index is 2.76. The monoisotopic (exact) mass is 266 g/mol. The van der Waals surface area contributed by atoms with Crippen LogP contribution in [0, 0.1) is 10.1 Å². The Morgan fingerprint density at radius 1 is 1.53 bits per heavy atom. The molecule has 0 aromatic heterocycles. The molecule has 0 aliphatic rings. The van der Waals surface area contributed by atoms with Crippen LogP contribution in [0.1, 0.15) is 32.3 Å². The van der Waals surface area contributed by atoms with Gasteiger partial charge in [-0.2, -0.15) is 0 Å². The van der Waals surface area contributed by atoms with E-state index >= 15 is 0 Å². The zero-order valence-electron chi connectivity index (χ0n) is 11.0. The number of carboxylic acid groups (broad SMARTS) is 1. The molecule has 6 heteroatoms. The lowest BCUT2D eigenvalue weighted by Gasteiger charge is -2.14. The standard InChI is InChI=1S/C13H18N2O4/c1-3-10-5-6-11(8-12(10)15(18)19)14-9(2)4-7-13(16)17/h5-6,8-9,14H,3-4,7H2,1-2H3,(H,16,17). The normalized spacial score (nSPS) is 11.9. The Bertz CT molecular complexity index is 474. The second-order valence-electron chi connectivity index (χ2n) is 4.43. The van der Waals surface area contributed by atoms with Crippen LogP contribution in [0.15, 0.2) is 18.2 Å². The van der Waals surface area contributed by atoms with Crippen molar-refractivity contribution in [2.24, 2.45) is 0 Å². The van der Waals surface area contributed by atoms with Gasteiger partial charge >= 0.3 is 5.97 Å². The summed E-state index contributed by atoms with van der Waals surface area (Å²) in [5.41, 5.74) is 1.42. The van der Waals surface area contributed by atoms with Gasteiger partial charge in [-0.15, -0.1) is 0 Å². The maximum Gasteiger partial charge on any atom is 0.303 e. The number of nitrogens with one attached hydrogen (secondary N) is 1. The summed E-state index contributed by atoms with van der Waals surface area (Å²) in [6.45, 7) is 3.72. The number of carbonyl (C=O) groups is 1. The zero-order valence-corrected chi connectivity index (χ0v) is 11.0. The first kappa shape index (κ1) is 14.9. The van der Waals surface area contributed by atoms with Crippen LogP contribution < -0.4 is 5.32 Å². The van der Waals surface area contributed by atoms with Gasteiger partial charge < -0.3 is 10.4 Å². The van der Waals surface area contributed by atoms with Crippen molar-refractivity contribution >= 4 is 17.3 Å². The van der Waals surface area contributed by atoms with Gasteiger partial charge in [0.2, 0.25) is 0 Å². The highest BCUT2D eigenvalue weighted by Gasteiger charge is 2.14. The van der Waals surface area contributed by atoms with Gasteiger partial charge in [0, 0.05) is 29.8 Å². The number of nitro benzene ring substituents is 1. The van der Waals surface area contributed by atoms with Gasteiger partial charge in [0.15, 0.2) is 0 Å². The summed E-state index contributed by atoms with van der Waals surface area (Å²) in [5.74, 6) is -0.846. The average Bonchev–Trinajstić information content (AvgIpc) is 2.36. The van der Waals surface area contributed by atoms with Gasteiger partial charge in [0.25, 0.3) is 5.69 Å². The van der Waals surface area contributed by atoms with Crippen molar-refractivity contribution < 1.29 is 14.8 Å². The second kappa shape index (κ2) is 6.72. The van der Waals surface area contributed by atoms with Crippen LogP contribution in [0.25, 0.3) is 0 Å². The van der Waals surface area contributed by atoms with Gasteiger partial charge in [-0.25, -0.2) is 0 Å². The highest BCUT2D eigenvalue weighted by Crippen LogP contribution is 2.24. The van der Waals surface area contributed by atoms with Crippen LogP contribution >= 0.6 is 0 Å². The minimum absolute atomic E-state index is 0.0526. The van der Waals surface area contributed by atoms with Crippen LogP contribution in [0.3, 0.4) is 0 Å². The number of benzene rings is 1. The Hall–Kier alpha value is -2.11. The topological polar surface area (TPSA) is 92.5 Å². The van der Waals surface area contributed by atoms with Gasteiger partial charge in [-0.3, -0.25) is 14.9 Å². The number of hydrogen-bond donors (Lipinski definition) is 2. The Morgan fingerprint density at radius 3 is 2.74 bits per heavy atom. The summed E-state index contributed by atoms with van der Waals surface area (Å²) in [4.78, 5) is 21.0. The summed E-state index contributed by atoms with van der Waals surface area (Å²) in [6, 6.07) is 4.95. The molecule has 0 saturated heterocycles. The largest absolute Gasteiger partial charge is 0.481 e. The van der Waals surface area contributed by atoms with Gasteiger partial charge in [-0.05, 0) is 25.8 Å². The minimum atomic E-state index is -0.846. The van der Waals surface area contributed by atoms with E-state index in [1.54, 1.807) is 12.1 Å². The molecule has 0 heterocycles. The molecule has 0 bridgehead atoms. The van der Waals surface area contributed by atoms with E-state index in [1.165, 1.54) is 6.07 Å². The number of hydrogen-bond acceptors (Lipinski definition) is 4. The Kier molecular flexibility index (Phi) is 5.29. The highest BCUT2D eigenvalue weighted by atomic mass is 16.6. The van der Waals surface area contributed by atoms with Crippen molar-refractivity contribution in [1.82, 2.24) is 0 Å². The highest BCUT2D eigenvalue weighted by molar-refractivity contribution is 5.66. The Labute approximate surface area is 111 Å². The van der Waals surface area contributed by atoms with E-state index in [2.05, 4.69) is 5.32 Å². The zero-order chi connectivity index (χ0) is 14.4.